The molecule has 0 aliphatic rings. The number of hydrogen-bond donors (Lipinski definition) is 0. The largest absolute Gasteiger partial charge is 0.351 e. The minimum absolute atomic E-state index is 0.199. The molecule has 0 atom stereocenters. The summed E-state index contributed by atoms with van der Waals surface area (Å²) in [5.41, 5.74) is 0.679. The van der Waals surface area contributed by atoms with Crippen LogP contribution in [0.1, 0.15) is 36.5 Å². The number of hydrogen-bond acceptors (Lipinski definition) is 4. The molecule has 0 radical (unpaired) electrons. The van der Waals surface area contributed by atoms with Crippen molar-refractivity contribution in [2.75, 3.05) is 13.1 Å². The number of carbonyl (C=O) groups is 1. The molecule has 17 heavy (non-hydrogen) atoms. The second kappa shape index (κ2) is 6.04. The lowest BCUT2D eigenvalue weighted by Crippen LogP contribution is -2.34. The molecule has 0 saturated carbocycles. The van der Waals surface area contributed by atoms with Gasteiger partial charge in [0.1, 0.15) is 0 Å². The topological polar surface area (TPSA) is 70.1 Å². The molecule has 1 rings (SSSR count). The third-order valence-corrected chi connectivity index (χ3v) is 2.21. The highest BCUT2D eigenvalue weighted by Gasteiger charge is 2.20. The highest BCUT2D eigenvalue weighted by molar-refractivity contribution is 5.91. The van der Waals surface area contributed by atoms with Crippen LogP contribution in [0.5, 0.6) is 0 Å². The van der Waals surface area contributed by atoms with E-state index >= 15 is 0 Å². The van der Waals surface area contributed by atoms with Gasteiger partial charge in [-0.25, -0.2) is 0 Å². The molecule has 0 aromatic carbocycles. The number of nitriles is 1. The molecular weight excluding hydrogens is 218 g/mol. The fourth-order valence-electron chi connectivity index (χ4n) is 1.52. The Labute approximate surface area is 101 Å². The molecule has 92 valence electrons. The lowest BCUT2D eigenvalue weighted by molar-refractivity contribution is 0.0698. The SMILES string of the molecule is Cc1cc(C(=O)N(CCC#N)CC(C)C)on1. The van der Waals surface area contributed by atoms with Crippen molar-refractivity contribution in [1.82, 2.24) is 10.1 Å². The van der Waals surface area contributed by atoms with E-state index < -0.39 is 0 Å². The quantitative estimate of drug-likeness (QED) is 0.782. The number of carbonyl (C=O) groups excluding carboxylic acids is 1. The molecule has 0 fully saturated rings. The van der Waals surface area contributed by atoms with Crippen molar-refractivity contribution in [3.8, 4) is 6.07 Å². The van der Waals surface area contributed by atoms with E-state index in [-0.39, 0.29) is 11.7 Å². The second-order valence-corrected chi connectivity index (χ2v) is 4.39. The average Bonchev–Trinajstić information content (AvgIpc) is 2.69. The van der Waals surface area contributed by atoms with Crippen LogP contribution in [0, 0.1) is 24.2 Å². The Bertz CT molecular complexity index is 418. The predicted molar refractivity (Wildman–Crippen MR) is 62.2 cm³/mol. The maximum atomic E-state index is 12.1. The lowest BCUT2D eigenvalue weighted by atomic mass is 10.2. The van der Waals surface area contributed by atoms with E-state index in [0.717, 1.165) is 0 Å². The first kappa shape index (κ1) is 13.2. The van der Waals surface area contributed by atoms with Gasteiger partial charge < -0.3 is 9.42 Å². The van der Waals surface area contributed by atoms with Gasteiger partial charge in [0.05, 0.1) is 18.2 Å². The molecular formula is C12H17N3O2. The van der Waals surface area contributed by atoms with Crippen molar-refractivity contribution in [3.05, 3.63) is 17.5 Å². The van der Waals surface area contributed by atoms with E-state index in [1.54, 1.807) is 17.9 Å². The van der Waals surface area contributed by atoms with E-state index in [9.17, 15) is 4.79 Å². The lowest BCUT2D eigenvalue weighted by Gasteiger charge is -2.22. The van der Waals surface area contributed by atoms with Gasteiger partial charge in [-0.3, -0.25) is 4.79 Å². The number of aryl methyl sites for hydroxylation is 1. The minimum Gasteiger partial charge on any atom is -0.351 e. The van der Waals surface area contributed by atoms with Crippen LogP contribution in [0.4, 0.5) is 0 Å². The summed E-state index contributed by atoms with van der Waals surface area (Å²) >= 11 is 0. The molecule has 0 aliphatic heterocycles. The summed E-state index contributed by atoms with van der Waals surface area (Å²) in [4.78, 5) is 13.7. The molecule has 5 nitrogen and oxygen atoms in total. The average molecular weight is 235 g/mol. The summed E-state index contributed by atoms with van der Waals surface area (Å²) in [5, 5.41) is 12.3. The van der Waals surface area contributed by atoms with E-state index in [1.807, 2.05) is 19.9 Å². The Hall–Kier alpha value is -1.83. The number of aromatic nitrogens is 1. The molecule has 0 aliphatic carbocycles. The van der Waals surface area contributed by atoms with Crippen molar-refractivity contribution in [1.29, 1.82) is 5.26 Å². The Morgan fingerprint density at radius 1 is 1.65 bits per heavy atom. The van der Waals surface area contributed by atoms with Crippen LogP contribution < -0.4 is 0 Å². The maximum absolute atomic E-state index is 12.1. The van der Waals surface area contributed by atoms with Gasteiger partial charge in [-0.2, -0.15) is 5.26 Å². The highest BCUT2D eigenvalue weighted by atomic mass is 16.5. The van der Waals surface area contributed by atoms with E-state index in [0.29, 0.717) is 31.1 Å². The summed E-state index contributed by atoms with van der Waals surface area (Å²) < 4.78 is 4.94. The fraction of sp³-hybridized carbons (Fsp3) is 0.583. The summed E-state index contributed by atoms with van der Waals surface area (Å²) in [5.74, 6) is 0.386. The Morgan fingerprint density at radius 2 is 2.35 bits per heavy atom. The van der Waals surface area contributed by atoms with Crippen LogP contribution in [0.2, 0.25) is 0 Å². The van der Waals surface area contributed by atoms with Gasteiger partial charge in [-0.15, -0.1) is 0 Å². The Kier molecular flexibility index (Phi) is 4.70. The molecule has 0 saturated heterocycles. The van der Waals surface area contributed by atoms with E-state index in [4.69, 9.17) is 9.78 Å². The highest BCUT2D eigenvalue weighted by Crippen LogP contribution is 2.09. The summed E-state index contributed by atoms with van der Waals surface area (Å²) in [6.07, 6.45) is 0.325. The van der Waals surface area contributed by atoms with Gasteiger partial charge in [-0.1, -0.05) is 19.0 Å². The second-order valence-electron chi connectivity index (χ2n) is 4.39. The van der Waals surface area contributed by atoms with Crippen LogP contribution in [0.25, 0.3) is 0 Å². The minimum atomic E-state index is -0.199. The molecule has 0 bridgehead atoms. The monoisotopic (exact) mass is 235 g/mol. The third kappa shape index (κ3) is 3.91. The Morgan fingerprint density at radius 3 is 2.82 bits per heavy atom. The molecule has 0 unspecified atom stereocenters. The third-order valence-electron chi connectivity index (χ3n) is 2.21. The van der Waals surface area contributed by atoms with Crippen LogP contribution in [0.3, 0.4) is 0 Å². The van der Waals surface area contributed by atoms with Gasteiger partial charge in [-0.05, 0) is 12.8 Å². The molecule has 1 aromatic rings. The van der Waals surface area contributed by atoms with Gasteiger partial charge in [0.25, 0.3) is 5.91 Å². The summed E-state index contributed by atoms with van der Waals surface area (Å²) in [7, 11) is 0. The molecule has 0 spiro atoms. The summed E-state index contributed by atoms with van der Waals surface area (Å²) in [6, 6.07) is 3.66. The number of nitrogens with zero attached hydrogens (tertiary/aromatic N) is 3. The van der Waals surface area contributed by atoms with Crippen LogP contribution >= 0.6 is 0 Å². The standard InChI is InChI=1S/C12H17N3O2/c1-9(2)8-15(6-4-5-13)12(16)11-7-10(3)14-17-11/h7,9H,4,6,8H2,1-3H3. The van der Waals surface area contributed by atoms with Crippen molar-refractivity contribution in [2.45, 2.75) is 27.2 Å². The van der Waals surface area contributed by atoms with Crippen molar-refractivity contribution in [3.63, 3.8) is 0 Å². The number of amides is 1. The smallest absolute Gasteiger partial charge is 0.292 e. The fourth-order valence-corrected chi connectivity index (χ4v) is 1.52. The molecule has 0 N–H and O–H groups in total. The first-order chi connectivity index (χ1) is 8.04. The van der Waals surface area contributed by atoms with Crippen LogP contribution in [-0.4, -0.2) is 29.1 Å². The predicted octanol–water partition coefficient (Wildman–Crippen LogP) is 1.99. The van der Waals surface area contributed by atoms with Gasteiger partial charge in [0.15, 0.2) is 0 Å². The molecule has 1 amide bonds. The maximum Gasteiger partial charge on any atom is 0.292 e. The number of rotatable bonds is 5. The Balaban J connectivity index is 2.75. The van der Waals surface area contributed by atoms with Gasteiger partial charge >= 0.3 is 0 Å². The normalized spacial score (nSPS) is 10.3. The van der Waals surface area contributed by atoms with Crippen LogP contribution in [0.15, 0.2) is 10.6 Å². The zero-order chi connectivity index (χ0) is 12.8. The first-order valence-corrected chi connectivity index (χ1v) is 5.64. The molecule has 1 heterocycles. The summed E-state index contributed by atoms with van der Waals surface area (Å²) in [6.45, 7) is 6.85. The van der Waals surface area contributed by atoms with Crippen LogP contribution in [-0.2, 0) is 0 Å². The molecule has 1 aromatic heterocycles. The van der Waals surface area contributed by atoms with E-state index in [2.05, 4.69) is 5.16 Å². The molecule has 5 heteroatoms. The zero-order valence-electron chi connectivity index (χ0n) is 10.4. The van der Waals surface area contributed by atoms with Crippen molar-refractivity contribution >= 4 is 5.91 Å². The van der Waals surface area contributed by atoms with E-state index in [1.165, 1.54) is 0 Å². The van der Waals surface area contributed by atoms with Crippen molar-refractivity contribution in [2.24, 2.45) is 5.92 Å². The first-order valence-electron chi connectivity index (χ1n) is 5.64. The van der Waals surface area contributed by atoms with Crippen molar-refractivity contribution < 1.29 is 9.32 Å². The van der Waals surface area contributed by atoms with Gasteiger partial charge in [0, 0.05) is 19.2 Å². The van der Waals surface area contributed by atoms with Gasteiger partial charge in [0.2, 0.25) is 5.76 Å². The zero-order valence-corrected chi connectivity index (χ0v) is 10.4.